The van der Waals surface area contributed by atoms with E-state index in [1.165, 1.54) is 12.8 Å². The minimum Gasteiger partial charge on any atom is -0.361 e. The van der Waals surface area contributed by atoms with Crippen LogP contribution in [0.15, 0.2) is 10.6 Å². The number of aromatic nitrogens is 1. The first kappa shape index (κ1) is 11.7. The number of nitrogens with zero attached hydrogens (tertiary/aromatic N) is 2. The number of nitrogens with one attached hydrogen (secondary N) is 1. The van der Waals surface area contributed by atoms with Crippen molar-refractivity contribution >= 4 is 5.91 Å². The van der Waals surface area contributed by atoms with Crippen molar-refractivity contribution in [3.8, 4) is 0 Å². The molecule has 0 saturated carbocycles. The van der Waals surface area contributed by atoms with Gasteiger partial charge in [0.2, 0.25) is 5.91 Å². The zero-order chi connectivity index (χ0) is 12.5. The van der Waals surface area contributed by atoms with Crippen LogP contribution in [0.1, 0.15) is 30.7 Å². The first-order valence-corrected chi connectivity index (χ1v) is 6.67. The molecule has 2 saturated heterocycles. The molecule has 2 atom stereocenters. The number of fused-ring (bicyclic) bond motifs is 2. The zero-order valence-electron chi connectivity index (χ0n) is 10.7. The molecule has 0 radical (unpaired) electrons. The van der Waals surface area contributed by atoms with Gasteiger partial charge in [-0.15, -0.1) is 0 Å². The molecule has 5 nitrogen and oxygen atoms in total. The summed E-state index contributed by atoms with van der Waals surface area (Å²) in [6, 6.07) is 2.93. The van der Waals surface area contributed by atoms with Gasteiger partial charge in [-0.25, -0.2) is 0 Å². The lowest BCUT2D eigenvalue weighted by Crippen LogP contribution is -2.39. The molecule has 98 valence electrons. The van der Waals surface area contributed by atoms with E-state index in [0.717, 1.165) is 31.0 Å². The van der Waals surface area contributed by atoms with Gasteiger partial charge in [0.15, 0.2) is 0 Å². The molecule has 18 heavy (non-hydrogen) atoms. The summed E-state index contributed by atoms with van der Waals surface area (Å²) in [5, 5.41) is 7.46. The first-order chi connectivity index (χ1) is 8.70. The third-order valence-electron chi connectivity index (χ3n) is 3.89. The topological polar surface area (TPSA) is 58.4 Å². The van der Waals surface area contributed by atoms with Crippen molar-refractivity contribution in [2.24, 2.45) is 0 Å². The Morgan fingerprint density at radius 1 is 1.50 bits per heavy atom. The Morgan fingerprint density at radius 2 is 2.33 bits per heavy atom. The summed E-state index contributed by atoms with van der Waals surface area (Å²) in [5.74, 6) is 0.923. The third-order valence-corrected chi connectivity index (χ3v) is 3.89. The summed E-state index contributed by atoms with van der Waals surface area (Å²) in [7, 11) is 0. The highest BCUT2D eigenvalue weighted by molar-refractivity contribution is 5.78. The van der Waals surface area contributed by atoms with Crippen LogP contribution >= 0.6 is 0 Å². The fourth-order valence-electron chi connectivity index (χ4n) is 2.94. The highest BCUT2D eigenvalue weighted by Gasteiger charge is 2.31. The highest BCUT2D eigenvalue weighted by Crippen LogP contribution is 2.20. The Labute approximate surface area is 107 Å². The van der Waals surface area contributed by atoms with Gasteiger partial charge in [-0.05, 0) is 26.2 Å². The average molecular weight is 249 g/mol. The number of carbonyl (C=O) groups excluding carboxylic acids is 1. The number of likely N-dealkylation sites (tertiary alicyclic amines) is 1. The normalized spacial score (nSPS) is 27.3. The van der Waals surface area contributed by atoms with Crippen LogP contribution in [0.5, 0.6) is 0 Å². The van der Waals surface area contributed by atoms with Gasteiger partial charge in [-0.1, -0.05) is 5.16 Å². The number of aryl methyl sites for hydroxylation is 1. The van der Waals surface area contributed by atoms with Crippen molar-refractivity contribution < 1.29 is 9.32 Å². The molecule has 3 heterocycles. The Morgan fingerprint density at radius 3 is 3.11 bits per heavy atom. The SMILES string of the molecule is Cc1cc(CC(=O)N2CCC3CCC(C2)N3)no1. The number of carbonyl (C=O) groups is 1. The van der Waals surface area contributed by atoms with Crippen LogP contribution in [0.4, 0.5) is 0 Å². The maximum absolute atomic E-state index is 12.2. The van der Waals surface area contributed by atoms with E-state index in [-0.39, 0.29) is 5.91 Å². The van der Waals surface area contributed by atoms with Crippen LogP contribution in [0, 0.1) is 6.92 Å². The molecule has 2 bridgehead atoms. The molecular formula is C13H19N3O2. The Bertz CT molecular complexity index is 443. The van der Waals surface area contributed by atoms with E-state index in [0.29, 0.717) is 18.5 Å². The second kappa shape index (κ2) is 4.72. The lowest BCUT2D eigenvalue weighted by Gasteiger charge is -2.23. The van der Waals surface area contributed by atoms with E-state index in [2.05, 4.69) is 10.5 Å². The zero-order valence-corrected chi connectivity index (χ0v) is 10.7. The summed E-state index contributed by atoms with van der Waals surface area (Å²) in [6.45, 7) is 3.55. The molecular weight excluding hydrogens is 230 g/mol. The van der Waals surface area contributed by atoms with E-state index < -0.39 is 0 Å². The molecule has 1 aromatic heterocycles. The average Bonchev–Trinajstić information content (AvgIpc) is 2.85. The predicted molar refractivity (Wildman–Crippen MR) is 66.1 cm³/mol. The van der Waals surface area contributed by atoms with Crippen molar-refractivity contribution in [1.82, 2.24) is 15.4 Å². The third kappa shape index (κ3) is 2.41. The standard InChI is InChI=1S/C13H19N3O2/c1-9-6-12(15-18-9)7-13(17)16-5-4-10-2-3-11(8-16)14-10/h6,10-11,14H,2-5,7-8H2,1H3. The maximum Gasteiger partial charge on any atom is 0.228 e. The van der Waals surface area contributed by atoms with E-state index in [1.807, 2.05) is 17.9 Å². The fourth-order valence-corrected chi connectivity index (χ4v) is 2.94. The molecule has 2 aliphatic rings. The maximum atomic E-state index is 12.2. The van der Waals surface area contributed by atoms with Crippen molar-refractivity contribution in [3.05, 3.63) is 17.5 Å². The summed E-state index contributed by atoms with van der Waals surface area (Å²) in [5.41, 5.74) is 0.736. The van der Waals surface area contributed by atoms with Crippen LogP contribution in [-0.4, -0.2) is 41.1 Å². The molecule has 1 N–H and O–H groups in total. The molecule has 2 aliphatic heterocycles. The van der Waals surface area contributed by atoms with Gasteiger partial charge in [0.1, 0.15) is 5.76 Å². The minimum absolute atomic E-state index is 0.164. The number of hydrogen-bond acceptors (Lipinski definition) is 4. The molecule has 0 aliphatic carbocycles. The van der Waals surface area contributed by atoms with Gasteiger partial charge < -0.3 is 14.7 Å². The molecule has 5 heteroatoms. The lowest BCUT2D eigenvalue weighted by atomic mass is 10.1. The second-order valence-corrected chi connectivity index (χ2v) is 5.37. The van der Waals surface area contributed by atoms with Gasteiger partial charge in [0.25, 0.3) is 0 Å². The fraction of sp³-hybridized carbons (Fsp3) is 0.692. The molecule has 3 rings (SSSR count). The monoisotopic (exact) mass is 249 g/mol. The molecule has 1 aromatic rings. The van der Waals surface area contributed by atoms with Crippen LogP contribution in [0.25, 0.3) is 0 Å². The number of rotatable bonds is 2. The van der Waals surface area contributed by atoms with Crippen LogP contribution in [0.3, 0.4) is 0 Å². The van der Waals surface area contributed by atoms with E-state index in [1.54, 1.807) is 0 Å². The Kier molecular flexibility index (Phi) is 3.07. The molecule has 0 aromatic carbocycles. The lowest BCUT2D eigenvalue weighted by molar-refractivity contribution is -0.130. The van der Waals surface area contributed by atoms with Crippen molar-refractivity contribution in [2.75, 3.05) is 13.1 Å². The largest absolute Gasteiger partial charge is 0.361 e. The molecule has 2 fully saturated rings. The van der Waals surface area contributed by atoms with Crippen molar-refractivity contribution in [2.45, 2.75) is 44.7 Å². The van der Waals surface area contributed by atoms with Crippen LogP contribution in [-0.2, 0) is 11.2 Å². The molecule has 1 amide bonds. The van der Waals surface area contributed by atoms with Gasteiger partial charge in [0.05, 0.1) is 12.1 Å². The summed E-state index contributed by atoms with van der Waals surface area (Å²) < 4.78 is 4.99. The second-order valence-electron chi connectivity index (χ2n) is 5.37. The molecule has 0 spiro atoms. The van der Waals surface area contributed by atoms with Crippen LogP contribution < -0.4 is 5.32 Å². The van der Waals surface area contributed by atoms with Crippen molar-refractivity contribution in [3.63, 3.8) is 0 Å². The number of amides is 1. The van der Waals surface area contributed by atoms with E-state index in [9.17, 15) is 4.79 Å². The first-order valence-electron chi connectivity index (χ1n) is 6.67. The van der Waals surface area contributed by atoms with E-state index in [4.69, 9.17) is 4.52 Å². The Balaban J connectivity index is 1.62. The van der Waals surface area contributed by atoms with Crippen LogP contribution in [0.2, 0.25) is 0 Å². The van der Waals surface area contributed by atoms with Gasteiger partial charge in [-0.3, -0.25) is 4.79 Å². The van der Waals surface area contributed by atoms with Gasteiger partial charge >= 0.3 is 0 Å². The minimum atomic E-state index is 0.164. The molecule has 2 unspecified atom stereocenters. The number of hydrogen-bond donors (Lipinski definition) is 1. The van der Waals surface area contributed by atoms with Crippen molar-refractivity contribution in [1.29, 1.82) is 0 Å². The summed E-state index contributed by atoms with van der Waals surface area (Å²) >= 11 is 0. The smallest absolute Gasteiger partial charge is 0.228 e. The summed E-state index contributed by atoms with van der Waals surface area (Å²) in [4.78, 5) is 14.2. The summed E-state index contributed by atoms with van der Waals surface area (Å²) in [6.07, 6.45) is 3.88. The predicted octanol–water partition coefficient (Wildman–Crippen LogP) is 0.878. The highest BCUT2D eigenvalue weighted by atomic mass is 16.5. The van der Waals surface area contributed by atoms with Gasteiger partial charge in [-0.2, -0.15) is 0 Å². The Hall–Kier alpha value is -1.36. The van der Waals surface area contributed by atoms with E-state index >= 15 is 0 Å². The van der Waals surface area contributed by atoms with Gasteiger partial charge in [0, 0.05) is 31.2 Å². The quantitative estimate of drug-likeness (QED) is 0.845.